The Hall–Kier alpha value is -6.12. The number of para-hydroxylation sites is 1. The van der Waals surface area contributed by atoms with Crippen LogP contribution in [0.2, 0.25) is 0 Å². The summed E-state index contributed by atoms with van der Waals surface area (Å²) in [5.74, 6) is 0.890. The van der Waals surface area contributed by atoms with Crippen molar-refractivity contribution in [1.82, 2.24) is 4.57 Å². The van der Waals surface area contributed by atoms with Crippen molar-refractivity contribution in [3.05, 3.63) is 163 Å². The molecule has 2 heterocycles. The number of hydrogen-bond donors (Lipinski definition) is 0. The minimum absolute atomic E-state index is 0.0979. The third-order valence-electron chi connectivity index (χ3n) is 11.2. The molecular formula is C47H31NO. The average Bonchev–Trinajstić information content (AvgIpc) is 3.79. The van der Waals surface area contributed by atoms with E-state index in [1.165, 1.54) is 76.4 Å². The van der Waals surface area contributed by atoms with Crippen molar-refractivity contribution in [2.45, 2.75) is 19.3 Å². The number of benzene rings is 8. The van der Waals surface area contributed by atoms with E-state index in [2.05, 4.69) is 158 Å². The van der Waals surface area contributed by atoms with Crippen molar-refractivity contribution in [2.75, 3.05) is 0 Å². The van der Waals surface area contributed by atoms with Crippen LogP contribution in [0.3, 0.4) is 0 Å². The molecule has 2 aromatic heterocycles. The van der Waals surface area contributed by atoms with Crippen molar-refractivity contribution in [1.29, 1.82) is 0 Å². The first-order chi connectivity index (χ1) is 24.0. The van der Waals surface area contributed by atoms with Crippen LogP contribution in [0.1, 0.15) is 25.0 Å². The van der Waals surface area contributed by atoms with Gasteiger partial charge in [-0.1, -0.05) is 111 Å². The maximum absolute atomic E-state index is 6.37. The van der Waals surface area contributed by atoms with Crippen molar-refractivity contribution in [3.63, 3.8) is 0 Å². The summed E-state index contributed by atoms with van der Waals surface area (Å²) in [6.45, 7) is 4.73. The fourth-order valence-corrected chi connectivity index (χ4v) is 8.80. The highest BCUT2D eigenvalue weighted by molar-refractivity contribution is 6.25. The molecule has 0 atom stereocenters. The number of aromatic nitrogens is 1. The smallest absolute Gasteiger partial charge is 0.135 e. The third kappa shape index (κ3) is 3.61. The highest BCUT2D eigenvalue weighted by atomic mass is 16.3. The van der Waals surface area contributed by atoms with Crippen LogP contribution in [0.15, 0.2) is 156 Å². The van der Waals surface area contributed by atoms with Gasteiger partial charge in [0.1, 0.15) is 11.3 Å². The van der Waals surface area contributed by atoms with E-state index in [4.69, 9.17) is 4.42 Å². The van der Waals surface area contributed by atoms with Gasteiger partial charge in [0.2, 0.25) is 0 Å². The zero-order valence-electron chi connectivity index (χ0n) is 27.3. The Morgan fingerprint density at radius 3 is 1.88 bits per heavy atom. The monoisotopic (exact) mass is 625 g/mol. The third-order valence-corrected chi connectivity index (χ3v) is 11.2. The topological polar surface area (TPSA) is 18.1 Å². The molecule has 11 rings (SSSR count). The summed E-state index contributed by atoms with van der Waals surface area (Å²) in [6, 6.07) is 55.7. The molecule has 0 fully saturated rings. The van der Waals surface area contributed by atoms with E-state index in [1.54, 1.807) is 0 Å². The molecule has 10 aromatic rings. The fourth-order valence-electron chi connectivity index (χ4n) is 8.80. The summed E-state index contributed by atoms with van der Waals surface area (Å²) < 4.78 is 8.85. The number of furan rings is 1. The molecular weight excluding hydrogens is 595 g/mol. The number of nitrogens with zero attached hydrogens (tertiary/aromatic N) is 1. The van der Waals surface area contributed by atoms with E-state index in [9.17, 15) is 0 Å². The van der Waals surface area contributed by atoms with Crippen molar-refractivity contribution >= 4 is 65.1 Å². The molecule has 0 aliphatic heterocycles. The lowest BCUT2D eigenvalue weighted by Gasteiger charge is -2.21. The van der Waals surface area contributed by atoms with Gasteiger partial charge in [-0.2, -0.15) is 0 Å². The van der Waals surface area contributed by atoms with Crippen LogP contribution in [-0.4, -0.2) is 4.57 Å². The Balaban J connectivity index is 1.24. The van der Waals surface area contributed by atoms with Crippen LogP contribution in [0, 0.1) is 0 Å². The molecule has 0 spiro atoms. The van der Waals surface area contributed by atoms with E-state index in [-0.39, 0.29) is 5.41 Å². The van der Waals surface area contributed by atoms with E-state index >= 15 is 0 Å². The second kappa shape index (κ2) is 9.49. The predicted molar refractivity (Wildman–Crippen MR) is 206 cm³/mol. The second-order valence-electron chi connectivity index (χ2n) is 14.1. The van der Waals surface area contributed by atoms with Crippen LogP contribution in [0.25, 0.3) is 93.2 Å². The van der Waals surface area contributed by atoms with Crippen LogP contribution in [0.4, 0.5) is 0 Å². The van der Waals surface area contributed by atoms with Gasteiger partial charge in [0.05, 0.1) is 11.0 Å². The molecule has 0 saturated carbocycles. The van der Waals surface area contributed by atoms with Crippen molar-refractivity contribution in [2.24, 2.45) is 0 Å². The Labute approximate surface area is 283 Å². The van der Waals surface area contributed by atoms with Gasteiger partial charge < -0.3 is 8.98 Å². The van der Waals surface area contributed by atoms with Gasteiger partial charge >= 0.3 is 0 Å². The van der Waals surface area contributed by atoms with Crippen LogP contribution in [0.5, 0.6) is 0 Å². The van der Waals surface area contributed by atoms with E-state index in [0.717, 1.165) is 28.0 Å². The zero-order chi connectivity index (χ0) is 32.4. The minimum atomic E-state index is -0.0979. The molecule has 8 aromatic carbocycles. The van der Waals surface area contributed by atoms with Gasteiger partial charge in [-0.05, 0) is 109 Å². The van der Waals surface area contributed by atoms with Crippen LogP contribution >= 0.6 is 0 Å². The Kier molecular flexibility index (Phi) is 5.21. The molecule has 1 aliphatic rings. The van der Waals surface area contributed by atoms with Gasteiger partial charge in [-0.3, -0.25) is 0 Å². The first-order valence-electron chi connectivity index (χ1n) is 17.1. The molecule has 230 valence electrons. The highest BCUT2D eigenvalue weighted by Crippen LogP contribution is 2.51. The minimum Gasteiger partial charge on any atom is -0.456 e. The first-order valence-corrected chi connectivity index (χ1v) is 17.1. The van der Waals surface area contributed by atoms with Crippen LogP contribution in [-0.2, 0) is 5.41 Å². The Bertz CT molecular complexity index is 2960. The van der Waals surface area contributed by atoms with Crippen molar-refractivity contribution in [3.8, 4) is 28.1 Å². The molecule has 0 unspecified atom stereocenters. The molecule has 49 heavy (non-hydrogen) atoms. The van der Waals surface area contributed by atoms with Gasteiger partial charge in [0.25, 0.3) is 0 Å². The summed E-state index contributed by atoms with van der Waals surface area (Å²) >= 11 is 0. The molecule has 1 aliphatic carbocycles. The lowest BCUT2D eigenvalue weighted by Crippen LogP contribution is -2.14. The fraction of sp³-hybridized carbons (Fsp3) is 0.0638. The molecule has 0 radical (unpaired) electrons. The summed E-state index contributed by atoms with van der Waals surface area (Å²) in [4.78, 5) is 0. The largest absolute Gasteiger partial charge is 0.456 e. The quantitative estimate of drug-likeness (QED) is 0.175. The lowest BCUT2D eigenvalue weighted by molar-refractivity contribution is 0.631. The zero-order valence-corrected chi connectivity index (χ0v) is 27.3. The summed E-state index contributed by atoms with van der Waals surface area (Å²) in [5, 5.41) is 11.3. The second-order valence-corrected chi connectivity index (χ2v) is 14.1. The molecule has 0 amide bonds. The normalized spacial score (nSPS) is 13.7. The molecule has 2 heteroatoms. The summed E-state index contributed by atoms with van der Waals surface area (Å²) in [5.41, 5.74) is 10.9. The van der Waals surface area contributed by atoms with Gasteiger partial charge in [0.15, 0.2) is 0 Å². The SMILES string of the molecule is CC1(C)c2ccccc2-c2cc3c4cc(-c5cc6ccccc6o5)ccc4n(-c4ccc5c6ccccc6c6ccccc6c5c4)c3cc21. The number of fused-ring (bicyclic) bond motifs is 13. The lowest BCUT2D eigenvalue weighted by atomic mass is 9.82. The molecule has 0 bridgehead atoms. The van der Waals surface area contributed by atoms with E-state index in [1.807, 2.05) is 12.1 Å². The summed E-state index contributed by atoms with van der Waals surface area (Å²) in [7, 11) is 0. The summed E-state index contributed by atoms with van der Waals surface area (Å²) in [6.07, 6.45) is 0. The van der Waals surface area contributed by atoms with Crippen LogP contribution < -0.4 is 0 Å². The van der Waals surface area contributed by atoms with Gasteiger partial charge in [-0.15, -0.1) is 0 Å². The maximum atomic E-state index is 6.37. The number of hydrogen-bond acceptors (Lipinski definition) is 1. The van der Waals surface area contributed by atoms with E-state index < -0.39 is 0 Å². The number of rotatable bonds is 2. The standard InChI is InChI=1S/C47H31NO/c1-47(2)41-17-9-8-16-36(41)38-26-40-39-23-29(46-24-28-11-3-10-18-45(28)49-46)19-22-43(39)48(44(40)27-42(38)47)30-20-21-35-33-14-5-4-12-31(33)32-13-6-7-15-34(32)37(35)25-30/h3-27H,1-2H3. The van der Waals surface area contributed by atoms with Gasteiger partial charge in [-0.25, -0.2) is 0 Å². The molecule has 0 N–H and O–H groups in total. The molecule has 2 nitrogen and oxygen atoms in total. The van der Waals surface area contributed by atoms with E-state index in [0.29, 0.717) is 0 Å². The Morgan fingerprint density at radius 1 is 0.449 bits per heavy atom. The Morgan fingerprint density at radius 2 is 1.10 bits per heavy atom. The first kappa shape index (κ1) is 26.9. The maximum Gasteiger partial charge on any atom is 0.135 e. The van der Waals surface area contributed by atoms with Crippen molar-refractivity contribution < 1.29 is 4.42 Å². The molecule has 0 saturated heterocycles. The predicted octanol–water partition coefficient (Wildman–Crippen LogP) is 13.0. The van der Waals surface area contributed by atoms with Gasteiger partial charge in [0, 0.05) is 32.8 Å². The average molecular weight is 626 g/mol. The highest BCUT2D eigenvalue weighted by Gasteiger charge is 2.36.